The largest absolute Gasteiger partial charge is 0.396 e. The highest BCUT2D eigenvalue weighted by Crippen LogP contribution is 2.54. The summed E-state index contributed by atoms with van der Waals surface area (Å²) < 4.78 is 30.0. The monoisotopic (exact) mass is 632 g/mol. The zero-order valence-electron chi connectivity index (χ0n) is 25.6. The Morgan fingerprint density at radius 3 is 1.41 bits per heavy atom. The average Bonchev–Trinajstić information content (AvgIpc) is 3.77. The number of fused-ring (bicyclic) bond motifs is 4. The molecule has 0 amide bonds. The molecule has 0 spiro atoms. The molecule has 4 aliphatic carbocycles. The van der Waals surface area contributed by atoms with Gasteiger partial charge < -0.3 is 10.2 Å². The first kappa shape index (κ1) is 33.4. The fourth-order valence-corrected chi connectivity index (χ4v) is 8.03. The third-order valence-corrected chi connectivity index (χ3v) is 10.9. The Hall–Kier alpha value is -3.95. The van der Waals surface area contributed by atoms with Gasteiger partial charge >= 0.3 is 0 Å². The number of aliphatic hydroxyl groups excluding tert-OH is 2. The average molecular weight is 633 g/mol. The molecule has 4 atom stereocenters. The van der Waals surface area contributed by atoms with E-state index in [2.05, 4.69) is 36.2 Å². The number of halogens is 3. The van der Waals surface area contributed by atoms with Crippen molar-refractivity contribution < 1.29 is 23.7 Å². The second-order valence-corrected chi connectivity index (χ2v) is 13.3. The molecule has 0 saturated heterocycles. The zero-order chi connectivity index (χ0) is 30.6. The second-order valence-electron chi connectivity index (χ2n) is 13.3. The van der Waals surface area contributed by atoms with Gasteiger partial charge in [0.05, 0.1) is 35.2 Å². The molecule has 4 aliphatic rings. The molecule has 244 valence electrons. The lowest BCUT2D eigenvalue weighted by Crippen LogP contribution is -2.30. The quantitative estimate of drug-likeness (QED) is 0.244. The van der Waals surface area contributed by atoms with Crippen molar-refractivity contribution in [2.75, 3.05) is 13.2 Å². The summed E-state index contributed by atoms with van der Waals surface area (Å²) in [5.41, 5.74) is 9.27. The van der Waals surface area contributed by atoms with Crippen LogP contribution >= 0.6 is 0 Å². The Balaban J connectivity index is 0.000000174. The molecule has 8 rings (SSSR count). The standard InChI is InChI=1S/2C18H19FN2O.CH4.FH/c2*1-18-9-12-10-20-21(16-6-4-15(19)5-7-16)17(12)8-13(18)2-3-14(18)11-22;;/h2*4-8,10,14,22H,2-3,9,11H2,1H3;1H4;1H/t2*14-,18+;;/m11../s1. The number of allylic oxidation sites excluding steroid dienone is 2. The van der Waals surface area contributed by atoms with Crippen LogP contribution in [-0.4, -0.2) is 43.0 Å². The summed E-state index contributed by atoms with van der Waals surface area (Å²) >= 11 is 0. The highest BCUT2D eigenvalue weighted by atomic mass is 19.1. The first-order chi connectivity index (χ1) is 21.2. The summed E-state index contributed by atoms with van der Waals surface area (Å²) in [5.74, 6) is 0.191. The molecule has 2 saturated carbocycles. The van der Waals surface area contributed by atoms with Crippen LogP contribution in [0.3, 0.4) is 0 Å². The van der Waals surface area contributed by atoms with Crippen molar-refractivity contribution in [3.05, 3.63) is 106 Å². The number of rotatable bonds is 4. The van der Waals surface area contributed by atoms with Gasteiger partial charge in [0, 0.05) is 13.2 Å². The maximum Gasteiger partial charge on any atom is 0.123 e. The summed E-state index contributed by atoms with van der Waals surface area (Å²) in [7, 11) is 0. The van der Waals surface area contributed by atoms with Crippen molar-refractivity contribution in [1.29, 1.82) is 0 Å². The Labute approximate surface area is 268 Å². The first-order valence-corrected chi connectivity index (χ1v) is 15.5. The van der Waals surface area contributed by atoms with Crippen LogP contribution in [0.2, 0.25) is 0 Å². The van der Waals surface area contributed by atoms with Gasteiger partial charge in [0.2, 0.25) is 0 Å². The van der Waals surface area contributed by atoms with Gasteiger partial charge in [0.15, 0.2) is 0 Å². The molecular weight excluding hydrogens is 589 g/mol. The molecule has 0 aliphatic heterocycles. The van der Waals surface area contributed by atoms with Crippen molar-refractivity contribution in [3.8, 4) is 11.4 Å². The van der Waals surface area contributed by atoms with Crippen LogP contribution in [0.15, 0.2) is 72.1 Å². The highest BCUT2D eigenvalue weighted by Gasteiger charge is 2.46. The van der Waals surface area contributed by atoms with E-state index in [9.17, 15) is 19.0 Å². The van der Waals surface area contributed by atoms with Gasteiger partial charge in [0.25, 0.3) is 0 Å². The van der Waals surface area contributed by atoms with Crippen molar-refractivity contribution >= 4 is 12.2 Å². The van der Waals surface area contributed by atoms with Crippen LogP contribution in [0.4, 0.5) is 13.5 Å². The van der Waals surface area contributed by atoms with Crippen LogP contribution in [0.25, 0.3) is 23.5 Å². The molecular formula is C37H43F3N4O2. The Kier molecular flexibility index (Phi) is 9.21. The third kappa shape index (κ3) is 5.43. The van der Waals surface area contributed by atoms with Gasteiger partial charge in [-0.3, -0.25) is 4.70 Å². The number of aliphatic hydroxyl groups is 2. The topological polar surface area (TPSA) is 76.1 Å². The fourth-order valence-electron chi connectivity index (χ4n) is 8.03. The molecule has 0 bridgehead atoms. The van der Waals surface area contributed by atoms with Crippen LogP contribution in [0.1, 0.15) is 69.5 Å². The van der Waals surface area contributed by atoms with E-state index >= 15 is 0 Å². The van der Waals surface area contributed by atoms with Crippen molar-refractivity contribution in [2.45, 2.75) is 59.8 Å². The lowest BCUT2D eigenvalue weighted by molar-refractivity contribution is 0.150. The van der Waals surface area contributed by atoms with Gasteiger partial charge in [-0.1, -0.05) is 32.4 Å². The first-order valence-electron chi connectivity index (χ1n) is 15.5. The molecule has 4 aromatic rings. The minimum atomic E-state index is -0.239. The molecule has 46 heavy (non-hydrogen) atoms. The molecule has 2 aromatic carbocycles. The number of hydrogen-bond donors (Lipinski definition) is 2. The van der Waals surface area contributed by atoms with E-state index in [4.69, 9.17) is 0 Å². The summed E-state index contributed by atoms with van der Waals surface area (Å²) in [6, 6.07) is 12.8. The van der Waals surface area contributed by atoms with Crippen molar-refractivity contribution in [1.82, 2.24) is 19.6 Å². The van der Waals surface area contributed by atoms with Crippen LogP contribution in [-0.2, 0) is 12.8 Å². The number of hydrogen-bond acceptors (Lipinski definition) is 4. The summed E-state index contributed by atoms with van der Waals surface area (Å²) in [6.07, 6.45) is 14.3. The van der Waals surface area contributed by atoms with Crippen molar-refractivity contribution in [3.63, 3.8) is 0 Å². The fraction of sp³-hybridized carbons (Fsp3) is 0.405. The van der Waals surface area contributed by atoms with Gasteiger partial charge in [-0.25, -0.2) is 18.1 Å². The summed E-state index contributed by atoms with van der Waals surface area (Å²) in [5, 5.41) is 28.3. The molecule has 2 N–H and O–H groups in total. The zero-order valence-corrected chi connectivity index (χ0v) is 25.6. The van der Waals surface area contributed by atoms with Crippen LogP contribution in [0, 0.1) is 34.3 Å². The normalized spacial score (nSPS) is 25.3. The molecule has 2 fully saturated rings. The number of nitrogens with zero attached hydrogens (tertiary/aromatic N) is 4. The van der Waals surface area contributed by atoms with Gasteiger partial charge in [-0.15, -0.1) is 0 Å². The maximum atomic E-state index is 13.1. The smallest absolute Gasteiger partial charge is 0.123 e. The third-order valence-electron chi connectivity index (χ3n) is 10.9. The van der Waals surface area contributed by atoms with E-state index in [-0.39, 0.29) is 47.8 Å². The van der Waals surface area contributed by atoms with E-state index in [1.165, 1.54) is 46.5 Å². The highest BCUT2D eigenvalue weighted by molar-refractivity contribution is 5.63. The van der Waals surface area contributed by atoms with E-state index in [1.807, 2.05) is 21.8 Å². The molecule has 0 radical (unpaired) electrons. The summed E-state index contributed by atoms with van der Waals surface area (Å²) in [4.78, 5) is 0. The van der Waals surface area contributed by atoms with Gasteiger partial charge in [0.1, 0.15) is 11.6 Å². The molecule has 2 aromatic heterocycles. The van der Waals surface area contributed by atoms with E-state index in [1.54, 1.807) is 24.3 Å². The maximum absolute atomic E-state index is 13.1. The SMILES string of the molecule is C.C[C@]12Cc3cnn(-c4ccc(F)cc4)c3C=C1CC[C@@H]2CO.C[C@]12Cc3cnn(-c4ccc(F)cc4)c3C=C1CC[C@@H]2CO.F. The molecule has 0 unspecified atom stereocenters. The summed E-state index contributed by atoms with van der Waals surface area (Å²) in [6.45, 7) is 5.00. The molecule has 9 heteroatoms. The molecule has 6 nitrogen and oxygen atoms in total. The minimum absolute atomic E-state index is 0. The Morgan fingerprint density at radius 2 is 1.07 bits per heavy atom. The minimum Gasteiger partial charge on any atom is -0.396 e. The van der Waals surface area contributed by atoms with Crippen molar-refractivity contribution in [2.24, 2.45) is 22.7 Å². The van der Waals surface area contributed by atoms with Crippen LogP contribution in [0.5, 0.6) is 0 Å². The Bertz CT molecular complexity index is 1630. The number of benzene rings is 2. The van der Waals surface area contributed by atoms with E-state index in [0.717, 1.165) is 61.3 Å². The van der Waals surface area contributed by atoms with Gasteiger partial charge in [-0.2, -0.15) is 10.2 Å². The second kappa shape index (κ2) is 12.7. The Morgan fingerprint density at radius 1 is 0.696 bits per heavy atom. The van der Waals surface area contributed by atoms with Crippen LogP contribution < -0.4 is 0 Å². The molecule has 2 heterocycles. The lowest BCUT2D eigenvalue weighted by Gasteiger charge is -2.35. The lowest BCUT2D eigenvalue weighted by atomic mass is 9.70. The van der Waals surface area contributed by atoms with E-state index < -0.39 is 0 Å². The van der Waals surface area contributed by atoms with Gasteiger partial charge in [-0.05, 0) is 133 Å². The number of aromatic nitrogens is 4. The predicted molar refractivity (Wildman–Crippen MR) is 175 cm³/mol. The predicted octanol–water partition coefficient (Wildman–Crippen LogP) is 7.51. The van der Waals surface area contributed by atoms with E-state index in [0.29, 0.717) is 11.8 Å².